The summed E-state index contributed by atoms with van der Waals surface area (Å²) in [6, 6.07) is 0.495. The number of hydrogen-bond acceptors (Lipinski definition) is 5. The van der Waals surface area contributed by atoms with Crippen molar-refractivity contribution >= 4 is 22.9 Å². The second kappa shape index (κ2) is 5.64. The number of aromatic nitrogens is 4. The maximum absolute atomic E-state index is 4.58. The van der Waals surface area contributed by atoms with Crippen molar-refractivity contribution < 1.29 is 0 Å². The quantitative estimate of drug-likeness (QED) is 0.799. The van der Waals surface area contributed by atoms with Crippen LogP contribution >= 0.6 is 0 Å². The van der Waals surface area contributed by atoms with Gasteiger partial charge in [-0.15, -0.1) is 0 Å². The van der Waals surface area contributed by atoms with E-state index in [0.29, 0.717) is 17.6 Å². The smallest absolute Gasteiger partial charge is 0.226 e. The molecule has 3 N–H and O–H groups in total. The molecule has 0 aliphatic heterocycles. The molecule has 108 valence electrons. The highest BCUT2D eigenvalue weighted by atomic mass is 15.2. The fourth-order valence-corrected chi connectivity index (χ4v) is 2.93. The first-order valence-electron chi connectivity index (χ1n) is 7.47. The van der Waals surface area contributed by atoms with Crippen LogP contribution in [0.4, 0.5) is 11.8 Å². The zero-order valence-corrected chi connectivity index (χ0v) is 12.1. The maximum Gasteiger partial charge on any atom is 0.226 e. The van der Waals surface area contributed by atoms with Gasteiger partial charge >= 0.3 is 0 Å². The third-order valence-electron chi connectivity index (χ3n) is 3.90. The predicted molar refractivity (Wildman–Crippen MR) is 80.9 cm³/mol. The molecule has 20 heavy (non-hydrogen) atoms. The Labute approximate surface area is 118 Å². The standard InChI is InChI=1S/C14H22N6/c1-3-15-14-19-12-11(16-8-17-12)13(20-14)18-10-6-4-5-9(2)7-10/h8-10H,3-7H2,1-2H3,(H3,15,16,17,18,19,20). The number of rotatable bonds is 4. The van der Waals surface area contributed by atoms with Gasteiger partial charge in [0, 0.05) is 12.6 Å². The molecule has 2 aromatic heterocycles. The molecule has 1 saturated carbocycles. The summed E-state index contributed by atoms with van der Waals surface area (Å²) < 4.78 is 0. The van der Waals surface area contributed by atoms with Gasteiger partial charge in [0.25, 0.3) is 0 Å². The fourth-order valence-electron chi connectivity index (χ4n) is 2.93. The van der Waals surface area contributed by atoms with Crippen molar-refractivity contribution in [3.05, 3.63) is 6.33 Å². The van der Waals surface area contributed by atoms with Crippen molar-refractivity contribution in [3.63, 3.8) is 0 Å². The lowest BCUT2D eigenvalue weighted by molar-refractivity contribution is 0.358. The number of H-pyrrole nitrogens is 1. The number of aromatic amines is 1. The van der Waals surface area contributed by atoms with Crippen LogP contribution in [0.25, 0.3) is 11.2 Å². The van der Waals surface area contributed by atoms with E-state index in [9.17, 15) is 0 Å². The molecular weight excluding hydrogens is 252 g/mol. The van der Waals surface area contributed by atoms with Gasteiger partial charge in [0.2, 0.25) is 5.95 Å². The average Bonchev–Trinajstić information content (AvgIpc) is 2.87. The van der Waals surface area contributed by atoms with E-state index in [2.05, 4.69) is 37.5 Å². The molecule has 0 radical (unpaired) electrons. The Morgan fingerprint density at radius 2 is 2.25 bits per heavy atom. The van der Waals surface area contributed by atoms with Crippen molar-refractivity contribution in [2.75, 3.05) is 17.2 Å². The second-order valence-corrected chi connectivity index (χ2v) is 5.64. The highest BCUT2D eigenvalue weighted by Crippen LogP contribution is 2.27. The van der Waals surface area contributed by atoms with Crippen LogP contribution in [0.1, 0.15) is 39.5 Å². The molecule has 6 nitrogen and oxygen atoms in total. The molecule has 3 rings (SSSR count). The number of anilines is 2. The van der Waals surface area contributed by atoms with Crippen LogP contribution in [0.3, 0.4) is 0 Å². The van der Waals surface area contributed by atoms with Crippen molar-refractivity contribution in [2.45, 2.75) is 45.6 Å². The van der Waals surface area contributed by atoms with Crippen LogP contribution in [-0.2, 0) is 0 Å². The fraction of sp³-hybridized carbons (Fsp3) is 0.643. The Kier molecular flexibility index (Phi) is 3.71. The Bertz CT molecular complexity index is 578. The molecule has 0 bridgehead atoms. The van der Waals surface area contributed by atoms with Gasteiger partial charge in [0.05, 0.1) is 6.33 Å². The van der Waals surface area contributed by atoms with E-state index in [0.717, 1.165) is 23.8 Å². The van der Waals surface area contributed by atoms with E-state index in [1.807, 2.05) is 6.92 Å². The third kappa shape index (κ3) is 2.69. The summed E-state index contributed by atoms with van der Waals surface area (Å²) in [6.45, 7) is 5.16. The van der Waals surface area contributed by atoms with Gasteiger partial charge in [0.1, 0.15) is 5.52 Å². The minimum absolute atomic E-state index is 0.495. The number of imidazole rings is 1. The topological polar surface area (TPSA) is 78.5 Å². The number of nitrogens with one attached hydrogen (secondary N) is 3. The lowest BCUT2D eigenvalue weighted by Crippen LogP contribution is -2.27. The summed E-state index contributed by atoms with van der Waals surface area (Å²) in [5.74, 6) is 2.29. The summed E-state index contributed by atoms with van der Waals surface area (Å²) in [7, 11) is 0. The highest BCUT2D eigenvalue weighted by molar-refractivity contribution is 5.83. The minimum Gasteiger partial charge on any atom is -0.365 e. The molecule has 0 amide bonds. The number of nitrogens with zero attached hydrogens (tertiary/aromatic N) is 3. The summed E-state index contributed by atoms with van der Waals surface area (Å²) in [5.41, 5.74) is 1.60. The molecule has 1 aliphatic rings. The molecular formula is C14H22N6. The molecule has 1 aliphatic carbocycles. The van der Waals surface area contributed by atoms with Crippen LogP contribution in [0.15, 0.2) is 6.33 Å². The van der Waals surface area contributed by atoms with Gasteiger partial charge in [-0.05, 0) is 25.7 Å². The summed E-state index contributed by atoms with van der Waals surface area (Å²) >= 11 is 0. The van der Waals surface area contributed by atoms with Crippen LogP contribution < -0.4 is 10.6 Å². The lowest BCUT2D eigenvalue weighted by atomic mass is 9.87. The largest absolute Gasteiger partial charge is 0.365 e. The molecule has 0 saturated heterocycles. The SMILES string of the molecule is CCNc1nc(NC2CCCC(C)C2)c2[nH]cnc2n1. The predicted octanol–water partition coefficient (Wildman–Crippen LogP) is 2.78. The third-order valence-corrected chi connectivity index (χ3v) is 3.90. The zero-order chi connectivity index (χ0) is 13.9. The molecule has 6 heteroatoms. The van der Waals surface area contributed by atoms with E-state index in [4.69, 9.17) is 0 Å². The summed E-state index contributed by atoms with van der Waals surface area (Å²) in [4.78, 5) is 16.3. The number of fused-ring (bicyclic) bond motifs is 1. The van der Waals surface area contributed by atoms with Gasteiger partial charge < -0.3 is 15.6 Å². The first kappa shape index (κ1) is 13.1. The van der Waals surface area contributed by atoms with E-state index in [-0.39, 0.29) is 0 Å². The van der Waals surface area contributed by atoms with Crippen LogP contribution in [0.2, 0.25) is 0 Å². The molecule has 1 fully saturated rings. The van der Waals surface area contributed by atoms with E-state index in [1.165, 1.54) is 25.7 Å². The van der Waals surface area contributed by atoms with Gasteiger partial charge in [-0.2, -0.15) is 9.97 Å². The van der Waals surface area contributed by atoms with Crippen LogP contribution in [0.5, 0.6) is 0 Å². The Hall–Kier alpha value is -1.85. The first-order chi connectivity index (χ1) is 9.76. The van der Waals surface area contributed by atoms with Crippen LogP contribution in [-0.4, -0.2) is 32.5 Å². The maximum atomic E-state index is 4.58. The molecule has 2 heterocycles. The summed E-state index contributed by atoms with van der Waals surface area (Å²) in [6.07, 6.45) is 6.71. The monoisotopic (exact) mass is 274 g/mol. The van der Waals surface area contributed by atoms with Gasteiger partial charge in [-0.25, -0.2) is 4.98 Å². The van der Waals surface area contributed by atoms with E-state index < -0.39 is 0 Å². The molecule has 2 atom stereocenters. The molecule has 0 aromatic carbocycles. The lowest BCUT2D eigenvalue weighted by Gasteiger charge is -2.28. The van der Waals surface area contributed by atoms with Gasteiger partial charge in [-0.3, -0.25) is 0 Å². The van der Waals surface area contributed by atoms with Crippen molar-refractivity contribution in [2.24, 2.45) is 5.92 Å². The molecule has 2 aromatic rings. The van der Waals surface area contributed by atoms with Crippen molar-refractivity contribution in [3.8, 4) is 0 Å². The summed E-state index contributed by atoms with van der Waals surface area (Å²) in [5, 5.41) is 6.74. The minimum atomic E-state index is 0.495. The van der Waals surface area contributed by atoms with Crippen molar-refractivity contribution in [1.82, 2.24) is 19.9 Å². The Balaban J connectivity index is 1.86. The number of hydrogen-bond donors (Lipinski definition) is 3. The van der Waals surface area contributed by atoms with E-state index >= 15 is 0 Å². The average molecular weight is 274 g/mol. The van der Waals surface area contributed by atoms with Gasteiger partial charge in [-0.1, -0.05) is 19.8 Å². The van der Waals surface area contributed by atoms with E-state index in [1.54, 1.807) is 6.33 Å². The molecule has 0 spiro atoms. The molecule has 2 unspecified atom stereocenters. The normalized spacial score (nSPS) is 22.9. The second-order valence-electron chi connectivity index (χ2n) is 5.64. The zero-order valence-electron chi connectivity index (χ0n) is 12.1. The highest BCUT2D eigenvalue weighted by Gasteiger charge is 2.20. The van der Waals surface area contributed by atoms with Crippen molar-refractivity contribution in [1.29, 1.82) is 0 Å². The van der Waals surface area contributed by atoms with Gasteiger partial charge in [0.15, 0.2) is 11.5 Å². The van der Waals surface area contributed by atoms with Crippen LogP contribution in [0, 0.1) is 5.92 Å². The Morgan fingerprint density at radius 1 is 1.35 bits per heavy atom. The Morgan fingerprint density at radius 3 is 3.05 bits per heavy atom. The first-order valence-corrected chi connectivity index (χ1v) is 7.47.